The summed E-state index contributed by atoms with van der Waals surface area (Å²) in [6.07, 6.45) is 5.12. The molecule has 0 aliphatic heterocycles. The Morgan fingerprint density at radius 3 is 2.61 bits per heavy atom. The number of benzene rings is 1. The number of hydrogen-bond donors (Lipinski definition) is 1. The zero-order valence-corrected chi connectivity index (χ0v) is 13.1. The molecular weight excluding hydrogens is 297 g/mol. The topological polar surface area (TPSA) is 58.4 Å². The van der Waals surface area contributed by atoms with Crippen LogP contribution in [0.2, 0.25) is 0 Å². The van der Waals surface area contributed by atoms with E-state index in [-0.39, 0.29) is 11.7 Å². The van der Waals surface area contributed by atoms with E-state index in [1.54, 1.807) is 31.4 Å². The van der Waals surface area contributed by atoms with Crippen molar-refractivity contribution in [2.45, 2.75) is 31.3 Å². The number of aromatic nitrogens is 2. The molecule has 2 aromatic rings. The average Bonchev–Trinajstić information content (AvgIpc) is 3.16. The van der Waals surface area contributed by atoms with Crippen LogP contribution in [0.4, 0.5) is 4.39 Å². The van der Waals surface area contributed by atoms with E-state index in [4.69, 9.17) is 0 Å². The summed E-state index contributed by atoms with van der Waals surface area (Å²) in [4.78, 5) is 14.0. The maximum Gasteiger partial charge on any atom is 0.274 e. The zero-order chi connectivity index (χ0) is 16.4. The lowest BCUT2D eigenvalue weighted by atomic mass is 10.0. The van der Waals surface area contributed by atoms with Gasteiger partial charge in [-0.3, -0.25) is 4.79 Å². The van der Waals surface area contributed by atoms with Crippen molar-refractivity contribution in [3.05, 3.63) is 48.0 Å². The fraction of sp³-hybridized carbons (Fsp3) is 0.412. The number of halogens is 1. The Morgan fingerprint density at radius 2 is 1.96 bits per heavy atom. The van der Waals surface area contributed by atoms with Crippen LogP contribution in [-0.2, 0) is 0 Å². The first-order valence-electron chi connectivity index (χ1n) is 7.76. The molecule has 1 amide bonds. The molecule has 23 heavy (non-hydrogen) atoms. The molecule has 0 radical (unpaired) electrons. The quantitative estimate of drug-likeness (QED) is 0.942. The van der Waals surface area contributed by atoms with Gasteiger partial charge >= 0.3 is 0 Å². The van der Waals surface area contributed by atoms with Gasteiger partial charge in [0.1, 0.15) is 5.82 Å². The number of likely N-dealkylation sites (N-methyl/N-ethyl adjacent to an activating group) is 1. The minimum absolute atomic E-state index is 0.230. The smallest absolute Gasteiger partial charge is 0.274 e. The monoisotopic (exact) mass is 317 g/mol. The first-order chi connectivity index (χ1) is 11.0. The highest BCUT2D eigenvalue weighted by Crippen LogP contribution is 2.30. The van der Waals surface area contributed by atoms with Gasteiger partial charge in [-0.25, -0.2) is 9.07 Å². The van der Waals surface area contributed by atoms with Crippen molar-refractivity contribution in [3.63, 3.8) is 0 Å². The average molecular weight is 317 g/mol. The molecule has 5 nitrogen and oxygen atoms in total. The summed E-state index contributed by atoms with van der Waals surface area (Å²) in [6.45, 7) is 0.315. The molecular formula is C17H20FN3O2. The second kappa shape index (κ2) is 6.12. The second-order valence-corrected chi connectivity index (χ2v) is 6.21. The lowest BCUT2D eigenvalue weighted by molar-refractivity contribution is 0.0154. The predicted octanol–water partition coefficient (Wildman–Crippen LogP) is 2.39. The van der Waals surface area contributed by atoms with E-state index in [1.165, 1.54) is 21.7 Å². The molecule has 1 heterocycles. The SMILES string of the molecule is CN(CC1(O)CCCC1)C(=O)c1ccn(-c2ccc(F)cc2)n1. The van der Waals surface area contributed by atoms with Crippen molar-refractivity contribution in [1.29, 1.82) is 0 Å². The van der Waals surface area contributed by atoms with Crippen molar-refractivity contribution < 1.29 is 14.3 Å². The molecule has 122 valence electrons. The molecule has 3 rings (SSSR count). The predicted molar refractivity (Wildman–Crippen MR) is 83.9 cm³/mol. The van der Waals surface area contributed by atoms with Gasteiger partial charge in [0.25, 0.3) is 5.91 Å². The van der Waals surface area contributed by atoms with E-state index < -0.39 is 5.60 Å². The van der Waals surface area contributed by atoms with Crippen molar-refractivity contribution in [1.82, 2.24) is 14.7 Å². The highest BCUT2D eigenvalue weighted by atomic mass is 19.1. The van der Waals surface area contributed by atoms with E-state index in [2.05, 4.69) is 5.10 Å². The summed E-state index contributed by atoms with van der Waals surface area (Å²) in [5.41, 5.74) is 0.213. The van der Waals surface area contributed by atoms with Gasteiger partial charge in [0.15, 0.2) is 5.69 Å². The van der Waals surface area contributed by atoms with E-state index in [9.17, 15) is 14.3 Å². The third-order valence-electron chi connectivity index (χ3n) is 4.31. The van der Waals surface area contributed by atoms with Gasteiger partial charge in [0.2, 0.25) is 0 Å². The van der Waals surface area contributed by atoms with E-state index in [0.29, 0.717) is 17.9 Å². The zero-order valence-electron chi connectivity index (χ0n) is 13.1. The van der Waals surface area contributed by atoms with E-state index in [1.807, 2.05) is 0 Å². The molecule has 6 heteroatoms. The minimum atomic E-state index is -0.774. The first-order valence-corrected chi connectivity index (χ1v) is 7.76. The maximum atomic E-state index is 13.0. The number of aliphatic hydroxyl groups is 1. The second-order valence-electron chi connectivity index (χ2n) is 6.21. The molecule has 1 aliphatic carbocycles. The number of rotatable bonds is 4. The maximum absolute atomic E-state index is 13.0. The van der Waals surface area contributed by atoms with Crippen molar-refractivity contribution in [2.24, 2.45) is 0 Å². The third-order valence-corrected chi connectivity index (χ3v) is 4.31. The molecule has 0 unspecified atom stereocenters. The van der Waals surface area contributed by atoms with Gasteiger partial charge in [-0.15, -0.1) is 0 Å². The van der Waals surface area contributed by atoms with Gasteiger partial charge in [-0.05, 0) is 43.2 Å². The van der Waals surface area contributed by atoms with E-state index in [0.717, 1.165) is 25.7 Å². The molecule has 0 saturated heterocycles. The normalized spacial score (nSPS) is 16.5. The number of nitrogens with zero attached hydrogens (tertiary/aromatic N) is 3. The van der Waals surface area contributed by atoms with Crippen LogP contribution in [0.5, 0.6) is 0 Å². The van der Waals surface area contributed by atoms with E-state index >= 15 is 0 Å². The number of amides is 1. The standard InChI is InChI=1S/C17H20FN3O2/c1-20(12-17(23)9-2-3-10-17)16(22)15-8-11-21(19-15)14-6-4-13(18)5-7-14/h4-8,11,23H,2-3,9-10,12H2,1H3. The molecule has 1 N–H and O–H groups in total. The Kier molecular flexibility index (Phi) is 4.17. The highest BCUT2D eigenvalue weighted by Gasteiger charge is 2.33. The Morgan fingerprint density at radius 1 is 1.30 bits per heavy atom. The molecule has 0 atom stereocenters. The summed E-state index contributed by atoms with van der Waals surface area (Å²) in [5, 5.41) is 14.7. The van der Waals surface area contributed by atoms with Crippen LogP contribution in [0.3, 0.4) is 0 Å². The van der Waals surface area contributed by atoms with Crippen LogP contribution in [0.25, 0.3) is 5.69 Å². The molecule has 1 fully saturated rings. The third kappa shape index (κ3) is 3.42. The van der Waals surface area contributed by atoms with Crippen LogP contribution in [0.15, 0.2) is 36.5 Å². The Balaban J connectivity index is 1.71. The van der Waals surface area contributed by atoms with Gasteiger partial charge < -0.3 is 10.0 Å². The molecule has 1 aromatic heterocycles. The minimum Gasteiger partial charge on any atom is -0.388 e. The molecule has 0 bridgehead atoms. The number of hydrogen-bond acceptors (Lipinski definition) is 3. The number of carbonyl (C=O) groups is 1. The van der Waals surface area contributed by atoms with Gasteiger partial charge in [-0.1, -0.05) is 12.8 Å². The van der Waals surface area contributed by atoms with Crippen LogP contribution in [0.1, 0.15) is 36.2 Å². The number of carbonyl (C=O) groups excluding carboxylic acids is 1. The first kappa shape index (κ1) is 15.7. The van der Waals surface area contributed by atoms with Crippen molar-refractivity contribution in [2.75, 3.05) is 13.6 Å². The Bertz CT molecular complexity index is 690. The van der Waals surface area contributed by atoms with Gasteiger partial charge in [-0.2, -0.15) is 5.10 Å². The summed E-state index contributed by atoms with van der Waals surface area (Å²) in [6, 6.07) is 7.52. The highest BCUT2D eigenvalue weighted by molar-refractivity contribution is 5.92. The summed E-state index contributed by atoms with van der Waals surface area (Å²) in [7, 11) is 1.68. The lowest BCUT2D eigenvalue weighted by Gasteiger charge is -2.28. The van der Waals surface area contributed by atoms with Gasteiger partial charge in [0.05, 0.1) is 11.3 Å². The molecule has 1 aliphatic rings. The molecule has 1 aromatic carbocycles. The Labute approximate surface area is 134 Å². The molecule has 0 spiro atoms. The van der Waals surface area contributed by atoms with Gasteiger partial charge in [0, 0.05) is 19.8 Å². The van der Waals surface area contributed by atoms with Crippen LogP contribution in [-0.4, -0.2) is 44.9 Å². The fourth-order valence-electron chi connectivity index (χ4n) is 3.08. The summed E-state index contributed by atoms with van der Waals surface area (Å²) < 4.78 is 14.5. The summed E-state index contributed by atoms with van der Waals surface area (Å²) >= 11 is 0. The largest absolute Gasteiger partial charge is 0.388 e. The van der Waals surface area contributed by atoms with Crippen molar-refractivity contribution in [3.8, 4) is 5.69 Å². The Hall–Kier alpha value is -2.21. The van der Waals surface area contributed by atoms with Crippen LogP contribution >= 0.6 is 0 Å². The summed E-state index contributed by atoms with van der Waals surface area (Å²) in [5.74, 6) is -0.548. The van der Waals surface area contributed by atoms with Crippen LogP contribution < -0.4 is 0 Å². The fourth-order valence-corrected chi connectivity index (χ4v) is 3.08. The molecule has 1 saturated carbocycles. The van der Waals surface area contributed by atoms with Crippen LogP contribution in [0, 0.1) is 5.82 Å². The lowest BCUT2D eigenvalue weighted by Crippen LogP contribution is -2.42. The van der Waals surface area contributed by atoms with Crippen molar-refractivity contribution >= 4 is 5.91 Å².